The lowest BCUT2D eigenvalue weighted by Gasteiger charge is -2.26. The molecule has 0 bridgehead atoms. The lowest BCUT2D eigenvalue weighted by Crippen LogP contribution is -2.52. The van der Waals surface area contributed by atoms with Crippen molar-refractivity contribution in [2.45, 2.75) is 30.5 Å². The number of aliphatic hydroxyl groups is 5. The molecule has 9 nitrogen and oxygen atoms in total. The number of aliphatic hydroxyl groups excluding tert-OH is 5. The number of carboxylic acids is 1. The molecule has 0 spiro atoms. The molecule has 0 radical (unpaired) electrons. The van der Waals surface area contributed by atoms with E-state index in [0.29, 0.717) is 0 Å². The summed E-state index contributed by atoms with van der Waals surface area (Å²) in [6.07, 6.45) is -8.06. The van der Waals surface area contributed by atoms with E-state index in [4.69, 9.17) is 10.2 Å². The topological polar surface area (TPSA) is 168 Å². The number of rotatable bonds is 8. The van der Waals surface area contributed by atoms with Gasteiger partial charge in [0.2, 0.25) is 0 Å². The first kappa shape index (κ1) is 19.0. The number of carbonyl (C=O) groups is 2. The summed E-state index contributed by atoms with van der Waals surface area (Å²) in [6.45, 7) is -0.895. The van der Waals surface area contributed by atoms with Crippen molar-refractivity contribution in [2.24, 2.45) is 0 Å². The van der Waals surface area contributed by atoms with Gasteiger partial charge in [-0.3, -0.25) is 4.79 Å². The number of aliphatic carboxylic acids is 1. The fraction of sp³-hybridized carbons (Fsp3) is 0.429. The summed E-state index contributed by atoms with van der Waals surface area (Å²) in [5, 5.41) is 57.7. The van der Waals surface area contributed by atoms with Crippen molar-refractivity contribution in [1.82, 2.24) is 5.32 Å². The van der Waals surface area contributed by atoms with E-state index < -0.39 is 48.9 Å². The van der Waals surface area contributed by atoms with Gasteiger partial charge in [-0.15, -0.1) is 0 Å². The third-order valence-electron chi connectivity index (χ3n) is 3.19. The summed E-state index contributed by atoms with van der Waals surface area (Å²) in [6, 6.07) is 6.20. The molecule has 0 aromatic heterocycles. The summed E-state index contributed by atoms with van der Waals surface area (Å²) >= 11 is 0. The van der Waals surface area contributed by atoms with Crippen molar-refractivity contribution in [3.63, 3.8) is 0 Å². The van der Waals surface area contributed by atoms with E-state index in [1.807, 2.05) is 5.32 Å². The standard InChI is InChI=1S/C14H19NO8/c16-6-8(17)10(18)11(19)12(20)13(21)15-9(14(22)23)7-4-2-1-3-5-7/h1-5,8-12,16-20H,6H2,(H,15,21)(H,22,23)/t8-,9?,10-,11+,12-/m1/s1. The van der Waals surface area contributed by atoms with Gasteiger partial charge >= 0.3 is 5.97 Å². The molecule has 128 valence electrons. The molecule has 7 N–H and O–H groups in total. The van der Waals surface area contributed by atoms with Crippen LogP contribution in [0.5, 0.6) is 0 Å². The minimum absolute atomic E-state index is 0.242. The second-order valence-electron chi connectivity index (χ2n) is 4.87. The first-order chi connectivity index (χ1) is 10.8. The Kier molecular flexibility index (Phi) is 7.07. The summed E-state index contributed by atoms with van der Waals surface area (Å²) in [5.41, 5.74) is 0.242. The average Bonchev–Trinajstić information content (AvgIpc) is 2.57. The van der Waals surface area contributed by atoms with Crippen LogP contribution in [0.2, 0.25) is 0 Å². The highest BCUT2D eigenvalue weighted by molar-refractivity contribution is 5.87. The molecule has 1 aromatic carbocycles. The van der Waals surface area contributed by atoms with Gasteiger partial charge in [-0.25, -0.2) is 4.79 Å². The fourth-order valence-corrected chi connectivity index (χ4v) is 1.84. The van der Waals surface area contributed by atoms with Crippen molar-refractivity contribution in [1.29, 1.82) is 0 Å². The molecule has 0 aliphatic carbocycles. The maximum Gasteiger partial charge on any atom is 0.330 e. The highest BCUT2D eigenvalue weighted by Crippen LogP contribution is 2.14. The van der Waals surface area contributed by atoms with Gasteiger partial charge in [0.25, 0.3) is 5.91 Å². The van der Waals surface area contributed by atoms with Gasteiger partial charge in [0.1, 0.15) is 18.3 Å². The molecule has 0 aliphatic heterocycles. The Bertz CT molecular complexity index is 523. The van der Waals surface area contributed by atoms with Crippen LogP contribution in [0.3, 0.4) is 0 Å². The molecule has 0 aliphatic rings. The van der Waals surface area contributed by atoms with Crippen LogP contribution in [-0.2, 0) is 9.59 Å². The molecule has 0 heterocycles. The SMILES string of the molecule is O=C(O)C(NC(=O)[C@H](O)[C@@H](O)[C@H](O)[C@H](O)CO)c1ccccc1. The van der Waals surface area contributed by atoms with E-state index in [0.717, 1.165) is 0 Å². The molecule has 0 saturated heterocycles. The highest BCUT2D eigenvalue weighted by atomic mass is 16.4. The van der Waals surface area contributed by atoms with Gasteiger partial charge in [-0.05, 0) is 5.56 Å². The summed E-state index contributed by atoms with van der Waals surface area (Å²) in [5.74, 6) is -2.64. The molecule has 1 unspecified atom stereocenters. The highest BCUT2D eigenvalue weighted by Gasteiger charge is 2.35. The average molecular weight is 329 g/mol. The van der Waals surface area contributed by atoms with Crippen molar-refractivity contribution in [3.8, 4) is 0 Å². The molecule has 0 fully saturated rings. The van der Waals surface area contributed by atoms with Gasteiger partial charge in [0, 0.05) is 0 Å². The number of nitrogens with one attached hydrogen (secondary N) is 1. The van der Waals surface area contributed by atoms with Crippen LogP contribution in [0.15, 0.2) is 30.3 Å². The predicted molar refractivity (Wildman–Crippen MR) is 76.1 cm³/mol. The minimum Gasteiger partial charge on any atom is -0.479 e. The Hall–Kier alpha value is -2.04. The van der Waals surface area contributed by atoms with Gasteiger partial charge in [0.15, 0.2) is 12.1 Å². The third kappa shape index (κ3) is 4.98. The van der Waals surface area contributed by atoms with Crippen LogP contribution in [0.1, 0.15) is 11.6 Å². The van der Waals surface area contributed by atoms with Gasteiger partial charge < -0.3 is 36.0 Å². The van der Waals surface area contributed by atoms with Crippen molar-refractivity contribution >= 4 is 11.9 Å². The molecule has 0 saturated carbocycles. The minimum atomic E-state index is -2.20. The second-order valence-corrected chi connectivity index (χ2v) is 4.87. The Morgan fingerprint density at radius 3 is 2.04 bits per heavy atom. The van der Waals surface area contributed by atoms with Crippen LogP contribution < -0.4 is 5.32 Å². The number of benzene rings is 1. The molecule has 1 aromatic rings. The zero-order valence-electron chi connectivity index (χ0n) is 12.0. The molecule has 9 heteroatoms. The summed E-state index contributed by atoms with van der Waals surface area (Å²) in [7, 11) is 0. The lowest BCUT2D eigenvalue weighted by atomic mass is 10.0. The number of hydrogen-bond acceptors (Lipinski definition) is 7. The fourth-order valence-electron chi connectivity index (χ4n) is 1.84. The Balaban J connectivity index is 2.81. The van der Waals surface area contributed by atoms with Gasteiger partial charge in [0.05, 0.1) is 6.61 Å². The van der Waals surface area contributed by atoms with E-state index in [-0.39, 0.29) is 5.56 Å². The van der Waals surface area contributed by atoms with Crippen molar-refractivity contribution in [2.75, 3.05) is 6.61 Å². The van der Waals surface area contributed by atoms with Gasteiger partial charge in [-0.1, -0.05) is 30.3 Å². The van der Waals surface area contributed by atoms with E-state index in [1.165, 1.54) is 12.1 Å². The zero-order valence-corrected chi connectivity index (χ0v) is 12.0. The van der Waals surface area contributed by atoms with E-state index >= 15 is 0 Å². The Morgan fingerprint density at radius 1 is 1.00 bits per heavy atom. The maximum absolute atomic E-state index is 11.8. The predicted octanol–water partition coefficient (Wildman–Crippen LogP) is -2.64. The smallest absolute Gasteiger partial charge is 0.330 e. The Morgan fingerprint density at radius 2 is 1.57 bits per heavy atom. The first-order valence-corrected chi connectivity index (χ1v) is 6.70. The Labute approximate surface area is 131 Å². The normalized spacial score (nSPS) is 17.6. The van der Waals surface area contributed by atoms with Crippen molar-refractivity contribution in [3.05, 3.63) is 35.9 Å². The van der Waals surface area contributed by atoms with E-state index in [2.05, 4.69) is 0 Å². The van der Waals surface area contributed by atoms with Crippen LogP contribution in [0, 0.1) is 0 Å². The monoisotopic (exact) mass is 329 g/mol. The molecule has 1 rings (SSSR count). The second kappa shape index (κ2) is 8.56. The number of amides is 1. The van der Waals surface area contributed by atoms with Crippen LogP contribution in [0.25, 0.3) is 0 Å². The van der Waals surface area contributed by atoms with Crippen LogP contribution in [0.4, 0.5) is 0 Å². The quantitative estimate of drug-likeness (QED) is 0.272. The van der Waals surface area contributed by atoms with Crippen molar-refractivity contribution < 1.29 is 40.2 Å². The third-order valence-corrected chi connectivity index (χ3v) is 3.19. The lowest BCUT2D eigenvalue weighted by molar-refractivity contribution is -0.153. The number of carboxylic acid groups (broad SMARTS) is 1. The molecule has 5 atom stereocenters. The van der Waals surface area contributed by atoms with Crippen LogP contribution in [-0.4, -0.2) is 73.5 Å². The number of carbonyl (C=O) groups excluding carboxylic acids is 1. The van der Waals surface area contributed by atoms with E-state index in [1.54, 1.807) is 18.2 Å². The summed E-state index contributed by atoms with van der Waals surface area (Å²) in [4.78, 5) is 23.1. The zero-order chi connectivity index (χ0) is 17.6. The molecule has 1 amide bonds. The maximum atomic E-state index is 11.8. The van der Waals surface area contributed by atoms with Gasteiger partial charge in [-0.2, -0.15) is 0 Å². The van der Waals surface area contributed by atoms with E-state index in [9.17, 15) is 30.0 Å². The first-order valence-electron chi connectivity index (χ1n) is 6.70. The summed E-state index contributed by atoms with van der Waals surface area (Å²) < 4.78 is 0. The molecule has 23 heavy (non-hydrogen) atoms. The largest absolute Gasteiger partial charge is 0.479 e. The molecular weight excluding hydrogens is 310 g/mol. The number of hydrogen-bond donors (Lipinski definition) is 7. The van der Waals surface area contributed by atoms with Crippen LogP contribution >= 0.6 is 0 Å². The molecular formula is C14H19NO8.